The van der Waals surface area contributed by atoms with Crippen LogP contribution < -0.4 is 5.32 Å². The van der Waals surface area contributed by atoms with Gasteiger partial charge in [-0.05, 0) is 25.1 Å². The van der Waals surface area contributed by atoms with Crippen LogP contribution in [-0.2, 0) is 9.53 Å². The van der Waals surface area contributed by atoms with Crippen molar-refractivity contribution in [2.24, 2.45) is 0 Å². The normalized spacial score (nSPS) is 11.4. The summed E-state index contributed by atoms with van der Waals surface area (Å²) in [5.41, 5.74) is 0.309. The van der Waals surface area contributed by atoms with Crippen LogP contribution in [0.3, 0.4) is 0 Å². The lowest BCUT2D eigenvalue weighted by Crippen LogP contribution is -2.30. The summed E-state index contributed by atoms with van der Waals surface area (Å²) in [6.45, 7) is 1.36. The molecule has 0 aliphatic rings. The first kappa shape index (κ1) is 18.7. The van der Waals surface area contributed by atoms with Crippen LogP contribution in [0, 0.1) is 11.3 Å². The van der Waals surface area contributed by atoms with Gasteiger partial charge in [-0.2, -0.15) is 5.26 Å². The first-order valence-corrected chi connectivity index (χ1v) is 8.37. The predicted octanol–water partition coefficient (Wildman–Crippen LogP) is 3.31. The Bertz CT molecular complexity index is 1120. The summed E-state index contributed by atoms with van der Waals surface area (Å²) in [6, 6.07) is 15.9. The fraction of sp³-hybridized carbons (Fsp3) is 0.0952. The van der Waals surface area contributed by atoms with E-state index in [0.29, 0.717) is 11.1 Å². The number of carbonyl (C=O) groups is 2. The highest BCUT2D eigenvalue weighted by molar-refractivity contribution is 6.05. The van der Waals surface area contributed by atoms with Crippen LogP contribution in [0.25, 0.3) is 10.8 Å². The summed E-state index contributed by atoms with van der Waals surface area (Å²) >= 11 is 0. The van der Waals surface area contributed by atoms with Crippen molar-refractivity contribution >= 4 is 28.3 Å². The molecule has 0 fully saturated rings. The molecule has 0 saturated carbocycles. The van der Waals surface area contributed by atoms with E-state index in [2.05, 4.69) is 5.32 Å². The molecule has 7 nitrogen and oxygen atoms in total. The second kappa shape index (κ2) is 7.68. The second-order valence-electron chi connectivity index (χ2n) is 6.03. The molecule has 3 aromatic rings. The van der Waals surface area contributed by atoms with Gasteiger partial charge in [0.1, 0.15) is 23.1 Å². The fourth-order valence-corrected chi connectivity index (χ4v) is 2.70. The number of para-hydroxylation sites is 1. The van der Waals surface area contributed by atoms with E-state index < -0.39 is 18.0 Å². The topological polar surface area (TPSA) is 120 Å². The van der Waals surface area contributed by atoms with Gasteiger partial charge in [0.15, 0.2) is 6.10 Å². The molecule has 0 aromatic heterocycles. The maximum Gasteiger partial charge on any atom is 0.342 e. The number of hydrogen-bond donors (Lipinski definition) is 3. The SMILES string of the molecule is C[C@@H](OC(=O)c1cc(O)c2ccccc2c1O)C(=O)Nc1ccccc1C#N. The summed E-state index contributed by atoms with van der Waals surface area (Å²) in [5, 5.41) is 32.7. The first-order chi connectivity index (χ1) is 13.4. The number of aromatic hydroxyl groups is 2. The first-order valence-electron chi connectivity index (χ1n) is 8.37. The van der Waals surface area contributed by atoms with Gasteiger partial charge in [-0.3, -0.25) is 4.79 Å². The summed E-state index contributed by atoms with van der Waals surface area (Å²) < 4.78 is 5.12. The van der Waals surface area contributed by atoms with Crippen LogP contribution in [0.1, 0.15) is 22.8 Å². The number of benzene rings is 3. The average Bonchev–Trinajstić information content (AvgIpc) is 2.71. The Morgan fingerprint density at radius 3 is 2.43 bits per heavy atom. The van der Waals surface area contributed by atoms with Gasteiger partial charge in [-0.25, -0.2) is 4.79 Å². The van der Waals surface area contributed by atoms with Crippen molar-refractivity contribution in [2.45, 2.75) is 13.0 Å². The number of phenols is 2. The van der Waals surface area contributed by atoms with Crippen molar-refractivity contribution in [3.63, 3.8) is 0 Å². The number of amides is 1. The number of rotatable bonds is 4. The van der Waals surface area contributed by atoms with Crippen LogP contribution in [0.15, 0.2) is 54.6 Å². The van der Waals surface area contributed by atoms with Crippen molar-refractivity contribution in [3.05, 3.63) is 65.7 Å². The van der Waals surface area contributed by atoms with Gasteiger partial charge < -0.3 is 20.3 Å². The fourth-order valence-electron chi connectivity index (χ4n) is 2.70. The minimum Gasteiger partial charge on any atom is -0.507 e. The number of esters is 1. The van der Waals surface area contributed by atoms with E-state index in [1.54, 1.807) is 48.5 Å². The predicted molar refractivity (Wildman–Crippen MR) is 102 cm³/mol. The molecule has 0 saturated heterocycles. The molecule has 1 amide bonds. The van der Waals surface area contributed by atoms with Crippen molar-refractivity contribution in [3.8, 4) is 17.6 Å². The molecule has 0 unspecified atom stereocenters. The Labute approximate surface area is 160 Å². The molecular weight excluding hydrogens is 360 g/mol. The summed E-state index contributed by atoms with van der Waals surface area (Å²) in [4.78, 5) is 24.7. The molecule has 3 rings (SSSR count). The van der Waals surface area contributed by atoms with E-state index in [1.807, 2.05) is 6.07 Å². The Balaban J connectivity index is 1.79. The lowest BCUT2D eigenvalue weighted by atomic mass is 10.0. The largest absolute Gasteiger partial charge is 0.507 e. The zero-order valence-electron chi connectivity index (χ0n) is 14.8. The van der Waals surface area contributed by atoms with E-state index in [4.69, 9.17) is 10.00 Å². The molecule has 1 atom stereocenters. The van der Waals surface area contributed by atoms with Crippen LogP contribution in [0.4, 0.5) is 5.69 Å². The number of nitrogens with one attached hydrogen (secondary N) is 1. The van der Waals surface area contributed by atoms with E-state index >= 15 is 0 Å². The van der Waals surface area contributed by atoms with Crippen molar-refractivity contribution < 1.29 is 24.5 Å². The molecule has 0 heterocycles. The number of fused-ring (bicyclic) bond motifs is 1. The zero-order chi connectivity index (χ0) is 20.3. The molecule has 3 N–H and O–H groups in total. The number of anilines is 1. The van der Waals surface area contributed by atoms with Gasteiger partial charge in [0, 0.05) is 10.8 Å². The van der Waals surface area contributed by atoms with Gasteiger partial charge in [-0.1, -0.05) is 36.4 Å². The number of phenolic OH excluding ortho intramolecular Hbond substituents is 2. The monoisotopic (exact) mass is 376 g/mol. The summed E-state index contributed by atoms with van der Waals surface area (Å²) in [5.74, 6) is -2.14. The number of hydrogen-bond acceptors (Lipinski definition) is 6. The zero-order valence-corrected chi connectivity index (χ0v) is 14.8. The highest BCUT2D eigenvalue weighted by atomic mass is 16.5. The Hall–Kier alpha value is -4.05. The molecule has 7 heteroatoms. The van der Waals surface area contributed by atoms with E-state index in [1.165, 1.54) is 6.92 Å². The average molecular weight is 376 g/mol. The molecule has 0 aliphatic heterocycles. The van der Waals surface area contributed by atoms with Crippen molar-refractivity contribution in [2.75, 3.05) is 5.32 Å². The van der Waals surface area contributed by atoms with Gasteiger partial charge in [0.25, 0.3) is 5.91 Å². The molecule has 0 radical (unpaired) electrons. The highest BCUT2D eigenvalue weighted by Crippen LogP contribution is 2.35. The quantitative estimate of drug-likeness (QED) is 0.475. The molecule has 3 aromatic carbocycles. The number of nitrogens with zero attached hydrogens (tertiary/aromatic N) is 1. The third kappa shape index (κ3) is 3.57. The highest BCUT2D eigenvalue weighted by Gasteiger charge is 2.23. The van der Waals surface area contributed by atoms with Crippen molar-refractivity contribution in [1.29, 1.82) is 5.26 Å². The van der Waals surface area contributed by atoms with Crippen LogP contribution in [-0.4, -0.2) is 28.2 Å². The smallest absolute Gasteiger partial charge is 0.342 e. The number of ether oxygens (including phenoxy) is 1. The maximum atomic E-state index is 12.4. The standard InChI is InChI=1S/C21H16N2O5/c1-12(20(26)23-17-9-5-2-6-13(17)11-22)28-21(27)16-10-18(24)14-7-3-4-8-15(14)19(16)25/h2-10,12,24-25H,1H3,(H,23,26)/t12-/m1/s1. The van der Waals surface area contributed by atoms with E-state index in [0.717, 1.165) is 6.07 Å². The third-order valence-electron chi connectivity index (χ3n) is 4.17. The number of nitriles is 1. The molecule has 0 bridgehead atoms. The second-order valence-corrected chi connectivity index (χ2v) is 6.03. The van der Waals surface area contributed by atoms with Crippen LogP contribution in [0.2, 0.25) is 0 Å². The molecule has 140 valence electrons. The van der Waals surface area contributed by atoms with Gasteiger partial charge in [0.2, 0.25) is 0 Å². The van der Waals surface area contributed by atoms with E-state index in [9.17, 15) is 19.8 Å². The molecule has 0 aliphatic carbocycles. The minimum atomic E-state index is -1.20. The summed E-state index contributed by atoms with van der Waals surface area (Å²) in [6.07, 6.45) is -1.20. The molecule has 0 spiro atoms. The Morgan fingerprint density at radius 2 is 1.71 bits per heavy atom. The summed E-state index contributed by atoms with van der Waals surface area (Å²) in [7, 11) is 0. The molecule has 28 heavy (non-hydrogen) atoms. The van der Waals surface area contributed by atoms with Crippen LogP contribution >= 0.6 is 0 Å². The van der Waals surface area contributed by atoms with Crippen LogP contribution in [0.5, 0.6) is 11.5 Å². The Kier molecular flexibility index (Phi) is 5.14. The Morgan fingerprint density at radius 1 is 1.07 bits per heavy atom. The number of carbonyl (C=O) groups excluding carboxylic acids is 2. The van der Waals surface area contributed by atoms with Gasteiger partial charge in [-0.15, -0.1) is 0 Å². The van der Waals surface area contributed by atoms with Gasteiger partial charge >= 0.3 is 5.97 Å². The minimum absolute atomic E-state index is 0.194. The van der Waals surface area contributed by atoms with Crippen molar-refractivity contribution in [1.82, 2.24) is 0 Å². The lowest BCUT2D eigenvalue weighted by molar-refractivity contribution is -0.123. The van der Waals surface area contributed by atoms with E-state index in [-0.39, 0.29) is 28.0 Å². The lowest BCUT2D eigenvalue weighted by Gasteiger charge is -2.15. The van der Waals surface area contributed by atoms with Gasteiger partial charge in [0.05, 0.1) is 11.3 Å². The third-order valence-corrected chi connectivity index (χ3v) is 4.17. The maximum absolute atomic E-state index is 12.4. The molecular formula is C21H16N2O5.